The van der Waals surface area contributed by atoms with Gasteiger partial charge < -0.3 is 9.47 Å². The molecule has 1 saturated heterocycles. The second kappa shape index (κ2) is 5.08. The number of fused-ring (bicyclic) bond motifs is 1. The molecule has 9 heteroatoms. The summed E-state index contributed by atoms with van der Waals surface area (Å²) in [5.74, 6) is 0.873. The van der Waals surface area contributed by atoms with Crippen LogP contribution in [0.1, 0.15) is 5.56 Å². The van der Waals surface area contributed by atoms with E-state index in [1.54, 1.807) is 24.3 Å². The molecule has 0 unspecified atom stereocenters. The van der Waals surface area contributed by atoms with Crippen LogP contribution >= 0.6 is 11.8 Å². The molecular formula is C12H10N2O5S2. The van der Waals surface area contributed by atoms with Crippen LogP contribution in [0.4, 0.5) is 0 Å². The number of nitrogens with zero attached hydrogens (tertiary/aromatic N) is 1. The standard InChI is InChI=1S/C12H10N2O5S2/c1-21(16,17)14-12-13-11(15)10(20-12)5-7-2-3-8-9(4-7)19-6-18-8/h2-5H,6H2,1H3,(H,13,14,15)/b10-5-. The second-order valence-corrected chi connectivity index (χ2v) is 6.99. The van der Waals surface area contributed by atoms with E-state index in [0.717, 1.165) is 23.6 Å². The maximum absolute atomic E-state index is 11.8. The highest BCUT2D eigenvalue weighted by Crippen LogP contribution is 2.34. The Hall–Kier alpha value is -2.00. The van der Waals surface area contributed by atoms with Crippen LogP contribution in [0.15, 0.2) is 27.5 Å². The van der Waals surface area contributed by atoms with Crippen molar-refractivity contribution in [3.8, 4) is 11.5 Å². The maximum Gasteiger partial charge on any atom is 0.264 e. The predicted molar refractivity (Wildman–Crippen MR) is 78.6 cm³/mol. The highest BCUT2D eigenvalue weighted by Gasteiger charge is 2.25. The van der Waals surface area contributed by atoms with Crippen LogP contribution in [-0.2, 0) is 14.8 Å². The fraction of sp³-hybridized carbons (Fsp3) is 0.167. The Balaban J connectivity index is 1.87. The van der Waals surface area contributed by atoms with Crippen molar-refractivity contribution in [2.45, 2.75) is 0 Å². The quantitative estimate of drug-likeness (QED) is 0.813. The Labute approximate surface area is 125 Å². The van der Waals surface area contributed by atoms with Crippen LogP contribution in [0.25, 0.3) is 6.08 Å². The van der Waals surface area contributed by atoms with E-state index in [9.17, 15) is 13.2 Å². The van der Waals surface area contributed by atoms with Crippen LogP contribution in [0.2, 0.25) is 0 Å². The zero-order valence-electron chi connectivity index (χ0n) is 10.8. The van der Waals surface area contributed by atoms with Gasteiger partial charge in [-0.2, -0.15) is 0 Å². The van der Waals surface area contributed by atoms with E-state index in [4.69, 9.17) is 9.47 Å². The summed E-state index contributed by atoms with van der Waals surface area (Å²) in [6.45, 7) is 0.176. The minimum atomic E-state index is -3.55. The Kier molecular flexibility index (Phi) is 3.38. The number of amides is 1. The van der Waals surface area contributed by atoms with Crippen molar-refractivity contribution < 1.29 is 22.7 Å². The largest absolute Gasteiger partial charge is 0.454 e. The third-order valence-electron chi connectivity index (χ3n) is 2.59. The monoisotopic (exact) mass is 326 g/mol. The Morgan fingerprint density at radius 3 is 2.86 bits per heavy atom. The van der Waals surface area contributed by atoms with E-state index in [2.05, 4.69) is 9.71 Å². The van der Waals surface area contributed by atoms with E-state index in [0.29, 0.717) is 16.4 Å². The van der Waals surface area contributed by atoms with Crippen LogP contribution in [-0.4, -0.2) is 32.5 Å². The molecule has 0 aromatic heterocycles. The summed E-state index contributed by atoms with van der Waals surface area (Å²) in [6.07, 6.45) is 2.60. The van der Waals surface area contributed by atoms with Gasteiger partial charge in [-0.1, -0.05) is 6.07 Å². The van der Waals surface area contributed by atoms with Crippen molar-refractivity contribution in [1.82, 2.24) is 5.32 Å². The van der Waals surface area contributed by atoms with E-state index in [1.807, 2.05) is 0 Å². The first-order valence-electron chi connectivity index (χ1n) is 5.81. The van der Waals surface area contributed by atoms with Gasteiger partial charge in [-0.15, -0.1) is 4.40 Å². The van der Waals surface area contributed by atoms with E-state index >= 15 is 0 Å². The first kappa shape index (κ1) is 14.0. The normalized spacial score (nSPS) is 21.1. The smallest absolute Gasteiger partial charge is 0.264 e. The lowest BCUT2D eigenvalue weighted by Crippen LogP contribution is -2.20. The number of nitrogens with one attached hydrogen (secondary N) is 1. The summed E-state index contributed by atoms with van der Waals surface area (Å²) in [6, 6.07) is 5.27. The highest BCUT2D eigenvalue weighted by molar-refractivity contribution is 8.19. The van der Waals surface area contributed by atoms with Crippen molar-refractivity contribution in [2.24, 2.45) is 4.40 Å². The molecular weight excluding hydrogens is 316 g/mol. The molecule has 1 aromatic rings. The van der Waals surface area contributed by atoms with E-state index in [1.165, 1.54) is 0 Å². The molecule has 1 aromatic carbocycles. The van der Waals surface area contributed by atoms with Gasteiger partial charge in [0.2, 0.25) is 6.79 Å². The Morgan fingerprint density at radius 1 is 1.33 bits per heavy atom. The van der Waals surface area contributed by atoms with Crippen molar-refractivity contribution in [3.05, 3.63) is 28.7 Å². The van der Waals surface area contributed by atoms with Crippen molar-refractivity contribution in [3.63, 3.8) is 0 Å². The van der Waals surface area contributed by atoms with E-state index < -0.39 is 10.0 Å². The molecule has 0 aliphatic carbocycles. The van der Waals surface area contributed by atoms with Gasteiger partial charge >= 0.3 is 0 Å². The number of hydrogen-bond donors (Lipinski definition) is 1. The molecule has 1 amide bonds. The molecule has 7 nitrogen and oxygen atoms in total. The molecule has 0 spiro atoms. The van der Waals surface area contributed by atoms with Gasteiger partial charge in [-0.3, -0.25) is 10.1 Å². The highest BCUT2D eigenvalue weighted by atomic mass is 32.2. The van der Waals surface area contributed by atoms with E-state index in [-0.39, 0.29) is 17.9 Å². The average Bonchev–Trinajstić information content (AvgIpc) is 2.94. The Morgan fingerprint density at radius 2 is 2.10 bits per heavy atom. The molecule has 1 fully saturated rings. The van der Waals surface area contributed by atoms with Gasteiger partial charge in [0, 0.05) is 0 Å². The van der Waals surface area contributed by atoms with Gasteiger partial charge in [-0.05, 0) is 35.5 Å². The molecule has 0 bridgehead atoms. The lowest BCUT2D eigenvalue weighted by Gasteiger charge is -1.98. The number of hydrogen-bond acceptors (Lipinski definition) is 6. The number of carbonyl (C=O) groups excluding carboxylic acids is 1. The number of benzene rings is 1. The lowest BCUT2D eigenvalue weighted by molar-refractivity contribution is -0.115. The molecule has 0 radical (unpaired) electrons. The summed E-state index contributed by atoms with van der Waals surface area (Å²) in [5, 5.41) is 2.45. The van der Waals surface area contributed by atoms with Gasteiger partial charge in [0.1, 0.15) is 0 Å². The minimum Gasteiger partial charge on any atom is -0.454 e. The molecule has 2 aliphatic heterocycles. The fourth-order valence-electron chi connectivity index (χ4n) is 1.78. The Bertz CT molecular complexity index is 783. The number of sulfonamides is 1. The van der Waals surface area contributed by atoms with Crippen LogP contribution < -0.4 is 14.8 Å². The van der Waals surface area contributed by atoms with Crippen molar-refractivity contribution >= 4 is 38.9 Å². The van der Waals surface area contributed by atoms with Crippen molar-refractivity contribution in [1.29, 1.82) is 0 Å². The summed E-state index contributed by atoms with van der Waals surface area (Å²) < 4.78 is 36.1. The summed E-state index contributed by atoms with van der Waals surface area (Å²) in [5.41, 5.74) is 0.748. The maximum atomic E-state index is 11.8. The lowest BCUT2D eigenvalue weighted by atomic mass is 10.2. The molecule has 1 N–H and O–H groups in total. The summed E-state index contributed by atoms with van der Waals surface area (Å²) in [7, 11) is -3.55. The summed E-state index contributed by atoms with van der Waals surface area (Å²) >= 11 is 0.973. The number of rotatable bonds is 2. The van der Waals surface area contributed by atoms with Crippen molar-refractivity contribution in [2.75, 3.05) is 13.0 Å². The molecule has 2 heterocycles. The molecule has 110 valence electrons. The van der Waals surface area contributed by atoms with Gasteiger partial charge in [0.05, 0.1) is 11.2 Å². The molecule has 3 rings (SSSR count). The topological polar surface area (TPSA) is 94.1 Å². The van der Waals surface area contributed by atoms with Crippen LogP contribution in [0.5, 0.6) is 11.5 Å². The summed E-state index contributed by atoms with van der Waals surface area (Å²) in [4.78, 5) is 12.1. The average molecular weight is 326 g/mol. The second-order valence-electron chi connectivity index (χ2n) is 4.31. The van der Waals surface area contributed by atoms with Gasteiger partial charge in [0.15, 0.2) is 16.7 Å². The molecule has 2 aliphatic rings. The van der Waals surface area contributed by atoms with Gasteiger partial charge in [-0.25, -0.2) is 8.42 Å². The third-order valence-corrected chi connectivity index (χ3v) is 4.13. The number of ether oxygens (including phenoxy) is 2. The molecule has 0 atom stereocenters. The SMILES string of the molecule is CS(=O)(=O)/N=C1\NC(=O)/C(=C/c2ccc3c(c2)OCO3)S1. The van der Waals surface area contributed by atoms with Crippen LogP contribution in [0.3, 0.4) is 0 Å². The predicted octanol–water partition coefficient (Wildman–Crippen LogP) is 0.935. The number of amidine groups is 1. The first-order chi connectivity index (χ1) is 9.90. The zero-order valence-corrected chi connectivity index (χ0v) is 12.5. The third kappa shape index (κ3) is 3.19. The number of thioether (sulfide) groups is 1. The molecule has 0 saturated carbocycles. The number of carbonyl (C=O) groups is 1. The molecule has 21 heavy (non-hydrogen) atoms. The minimum absolute atomic E-state index is 0.0505. The zero-order chi connectivity index (χ0) is 15.0. The van der Waals surface area contributed by atoms with Gasteiger partial charge in [0.25, 0.3) is 15.9 Å². The fourth-order valence-corrected chi connectivity index (χ4v) is 3.37. The first-order valence-corrected chi connectivity index (χ1v) is 8.48. The van der Waals surface area contributed by atoms with Crippen LogP contribution in [0, 0.1) is 0 Å².